The second-order valence-corrected chi connectivity index (χ2v) is 8.91. The molecule has 0 aliphatic heterocycles. The third kappa shape index (κ3) is 5.22. The number of anilines is 3. The number of carbonyl (C=O) groups excluding carboxylic acids is 1. The van der Waals surface area contributed by atoms with E-state index in [1.54, 1.807) is 12.3 Å². The predicted molar refractivity (Wildman–Crippen MR) is 118 cm³/mol. The summed E-state index contributed by atoms with van der Waals surface area (Å²) in [6, 6.07) is 4.06. The lowest BCUT2D eigenvalue weighted by Crippen LogP contribution is -2.45. The van der Waals surface area contributed by atoms with Crippen molar-refractivity contribution < 1.29 is 27.5 Å². The largest absolute Gasteiger partial charge is 0.387 e. The molecule has 182 valence electrons. The van der Waals surface area contributed by atoms with E-state index in [0.29, 0.717) is 5.69 Å². The van der Waals surface area contributed by atoms with Crippen LogP contribution in [0.5, 0.6) is 0 Å². The summed E-state index contributed by atoms with van der Waals surface area (Å²) in [5, 5.41) is 21.9. The summed E-state index contributed by atoms with van der Waals surface area (Å²) in [5.41, 5.74) is -0.660. The molecule has 3 aromatic heterocycles. The Morgan fingerprint density at radius 2 is 2.06 bits per heavy atom. The molecule has 4 N–H and O–H groups in total. The zero-order valence-corrected chi connectivity index (χ0v) is 18.4. The summed E-state index contributed by atoms with van der Waals surface area (Å²) in [6.07, 6.45) is 1.37. The number of amides is 1. The van der Waals surface area contributed by atoms with Crippen LogP contribution >= 0.6 is 0 Å². The molecule has 1 atom stereocenters. The maximum Gasteiger partial charge on any atom is 0.255 e. The van der Waals surface area contributed by atoms with Crippen LogP contribution in [0.4, 0.5) is 34.8 Å². The summed E-state index contributed by atoms with van der Waals surface area (Å²) in [4.78, 5) is 16.9. The van der Waals surface area contributed by atoms with Crippen LogP contribution in [0.15, 0.2) is 36.8 Å². The first-order valence-electron chi connectivity index (χ1n) is 10.6. The van der Waals surface area contributed by atoms with Crippen LogP contribution < -0.4 is 16.0 Å². The summed E-state index contributed by atoms with van der Waals surface area (Å²) in [7, 11) is 0. The molecule has 3 heterocycles. The number of aliphatic hydroxyl groups is 1. The number of halogens is 4. The van der Waals surface area contributed by atoms with Gasteiger partial charge < -0.3 is 21.1 Å². The van der Waals surface area contributed by atoms with Crippen LogP contribution in [0, 0.1) is 5.82 Å². The lowest BCUT2D eigenvalue weighted by molar-refractivity contribution is -0.0793. The molecule has 3 aromatic rings. The van der Waals surface area contributed by atoms with Crippen LogP contribution in [0.1, 0.15) is 37.0 Å². The number of carbonyl (C=O) groups is 1. The highest BCUT2D eigenvalue weighted by molar-refractivity contribution is 6.00. The van der Waals surface area contributed by atoms with Gasteiger partial charge in [0.25, 0.3) is 11.8 Å². The van der Waals surface area contributed by atoms with Crippen molar-refractivity contribution in [1.82, 2.24) is 19.9 Å². The van der Waals surface area contributed by atoms with Gasteiger partial charge in [-0.05, 0) is 26.0 Å². The van der Waals surface area contributed by atoms with E-state index in [0.717, 1.165) is 6.20 Å². The van der Waals surface area contributed by atoms with Gasteiger partial charge in [0.2, 0.25) is 0 Å². The Morgan fingerprint density at radius 1 is 1.32 bits per heavy atom. The molecule has 0 radical (unpaired) electrons. The van der Waals surface area contributed by atoms with Crippen LogP contribution in [0.2, 0.25) is 0 Å². The Bertz CT molecular complexity index is 1200. The molecule has 0 aromatic carbocycles. The predicted octanol–water partition coefficient (Wildman–Crippen LogP) is 3.66. The van der Waals surface area contributed by atoms with Crippen molar-refractivity contribution in [1.29, 1.82) is 0 Å². The van der Waals surface area contributed by atoms with Crippen LogP contribution in [-0.4, -0.2) is 55.9 Å². The molecule has 0 unspecified atom stereocenters. The van der Waals surface area contributed by atoms with Crippen molar-refractivity contribution >= 4 is 28.6 Å². The average Bonchev–Trinajstić information content (AvgIpc) is 3.10. The monoisotopic (exact) mass is 480 g/mol. The quantitative estimate of drug-likeness (QED) is 0.367. The minimum Gasteiger partial charge on any atom is -0.387 e. The number of rotatable bonds is 8. The highest BCUT2D eigenvalue weighted by Crippen LogP contribution is 2.39. The van der Waals surface area contributed by atoms with Crippen molar-refractivity contribution in [2.45, 2.75) is 50.4 Å². The highest BCUT2D eigenvalue weighted by atomic mass is 19.3. The van der Waals surface area contributed by atoms with E-state index in [4.69, 9.17) is 0 Å². The Labute approximate surface area is 192 Å². The molecule has 0 saturated heterocycles. The standard InChI is InChI=1S/C22H24F4N6O2/c1-21(2,34)18(24)11-28-20(33)14-9-27-19(6-16(14)30-13-7-22(25,26)8-13)31-12-3-4-32-17(5-12)15(23)10-29-32/h3-6,9-10,13,18,34H,7-8,11H2,1-2H3,(H,28,33)(H2,27,30,31)/t18-/m1/s1. The molecular weight excluding hydrogens is 456 g/mol. The van der Waals surface area contributed by atoms with Gasteiger partial charge in [0.05, 0.1) is 29.6 Å². The van der Waals surface area contributed by atoms with Crippen molar-refractivity contribution in [3.05, 3.63) is 48.2 Å². The number of nitrogens with one attached hydrogen (secondary N) is 3. The Balaban J connectivity index is 1.55. The second kappa shape index (κ2) is 8.75. The molecule has 1 amide bonds. The highest BCUT2D eigenvalue weighted by Gasteiger charge is 2.45. The van der Waals surface area contributed by atoms with Gasteiger partial charge in [0.1, 0.15) is 17.5 Å². The lowest BCUT2D eigenvalue weighted by atomic mass is 9.88. The van der Waals surface area contributed by atoms with E-state index in [1.165, 1.54) is 36.7 Å². The smallest absolute Gasteiger partial charge is 0.255 e. The third-order valence-corrected chi connectivity index (χ3v) is 5.55. The van der Waals surface area contributed by atoms with Gasteiger partial charge >= 0.3 is 0 Å². The number of nitrogens with zero attached hydrogens (tertiary/aromatic N) is 3. The minimum atomic E-state index is -2.77. The molecule has 0 spiro atoms. The van der Waals surface area contributed by atoms with E-state index >= 15 is 0 Å². The minimum absolute atomic E-state index is 0.0287. The number of hydrogen-bond donors (Lipinski definition) is 4. The first-order valence-corrected chi connectivity index (χ1v) is 10.6. The molecule has 1 aliphatic rings. The van der Waals surface area contributed by atoms with E-state index in [1.807, 2.05) is 0 Å². The lowest BCUT2D eigenvalue weighted by Gasteiger charge is -2.36. The number of fused-ring (bicyclic) bond motifs is 1. The van der Waals surface area contributed by atoms with Gasteiger partial charge in [-0.3, -0.25) is 4.79 Å². The molecule has 1 saturated carbocycles. The van der Waals surface area contributed by atoms with Gasteiger partial charge in [-0.1, -0.05) is 0 Å². The normalized spacial score (nSPS) is 16.7. The topological polar surface area (TPSA) is 104 Å². The van der Waals surface area contributed by atoms with E-state index in [-0.39, 0.29) is 35.4 Å². The molecule has 1 aliphatic carbocycles. The molecular formula is C22H24F4N6O2. The molecule has 1 fully saturated rings. The summed E-state index contributed by atoms with van der Waals surface area (Å²) >= 11 is 0. The zero-order valence-electron chi connectivity index (χ0n) is 18.4. The fourth-order valence-corrected chi connectivity index (χ4v) is 3.51. The third-order valence-electron chi connectivity index (χ3n) is 5.55. The van der Waals surface area contributed by atoms with Gasteiger partial charge in [-0.15, -0.1) is 0 Å². The SMILES string of the molecule is CC(C)(O)[C@H](F)CNC(=O)c1cnc(Nc2ccn3ncc(F)c3c2)cc1NC1CC(F)(F)C1. The fourth-order valence-electron chi connectivity index (χ4n) is 3.51. The van der Waals surface area contributed by atoms with Crippen molar-refractivity contribution in [2.24, 2.45) is 0 Å². The van der Waals surface area contributed by atoms with Crippen molar-refractivity contribution in [2.75, 3.05) is 17.2 Å². The summed E-state index contributed by atoms with van der Waals surface area (Å²) in [5.74, 6) is -3.68. The van der Waals surface area contributed by atoms with E-state index < -0.39 is 42.0 Å². The number of pyridine rings is 2. The first kappa shape index (κ1) is 23.7. The molecule has 34 heavy (non-hydrogen) atoms. The van der Waals surface area contributed by atoms with E-state index in [9.17, 15) is 27.5 Å². The van der Waals surface area contributed by atoms with Gasteiger partial charge in [0.15, 0.2) is 5.82 Å². The molecule has 4 rings (SSSR count). The zero-order chi connectivity index (χ0) is 24.7. The second-order valence-electron chi connectivity index (χ2n) is 8.91. The number of hydrogen-bond acceptors (Lipinski definition) is 6. The van der Waals surface area contributed by atoms with Crippen molar-refractivity contribution in [3.63, 3.8) is 0 Å². The van der Waals surface area contributed by atoms with Gasteiger partial charge in [-0.2, -0.15) is 5.10 Å². The van der Waals surface area contributed by atoms with Crippen LogP contribution in [0.25, 0.3) is 5.52 Å². The van der Waals surface area contributed by atoms with Gasteiger partial charge in [0, 0.05) is 43.0 Å². The van der Waals surface area contributed by atoms with Gasteiger partial charge in [-0.25, -0.2) is 27.1 Å². The summed E-state index contributed by atoms with van der Waals surface area (Å²) < 4.78 is 55.9. The number of alkyl halides is 3. The first-order chi connectivity index (χ1) is 15.9. The van der Waals surface area contributed by atoms with Crippen LogP contribution in [0.3, 0.4) is 0 Å². The maximum absolute atomic E-state index is 14.0. The Kier molecular flexibility index (Phi) is 6.11. The average molecular weight is 480 g/mol. The number of aromatic nitrogens is 3. The molecule has 8 nitrogen and oxygen atoms in total. The maximum atomic E-state index is 14.0. The Morgan fingerprint density at radius 3 is 2.74 bits per heavy atom. The molecule has 0 bridgehead atoms. The van der Waals surface area contributed by atoms with Crippen LogP contribution in [-0.2, 0) is 0 Å². The summed E-state index contributed by atoms with van der Waals surface area (Å²) in [6.45, 7) is 2.12. The van der Waals surface area contributed by atoms with Crippen molar-refractivity contribution in [3.8, 4) is 0 Å². The van der Waals surface area contributed by atoms with E-state index in [2.05, 4.69) is 26.0 Å². The molecule has 12 heteroatoms. The fraction of sp³-hybridized carbons (Fsp3) is 0.409. The Hall–Kier alpha value is -3.41.